The summed E-state index contributed by atoms with van der Waals surface area (Å²) >= 11 is 0. The van der Waals surface area contributed by atoms with Gasteiger partial charge in [-0.15, -0.1) is 10.2 Å². The van der Waals surface area contributed by atoms with Crippen LogP contribution in [0.25, 0.3) is 0 Å². The summed E-state index contributed by atoms with van der Waals surface area (Å²) < 4.78 is 24.5. The zero-order valence-electron chi connectivity index (χ0n) is 12.4. The number of benzene rings is 1. The molecule has 1 heterocycles. The fourth-order valence-corrected chi connectivity index (χ4v) is 2.64. The van der Waals surface area contributed by atoms with Gasteiger partial charge >= 0.3 is 0 Å². The molecule has 0 amide bonds. The molecule has 0 saturated carbocycles. The highest BCUT2D eigenvalue weighted by atomic mass is 32.2. The maximum atomic E-state index is 11.1. The highest BCUT2D eigenvalue weighted by molar-refractivity contribution is 7.92. The van der Waals surface area contributed by atoms with Gasteiger partial charge in [-0.3, -0.25) is 4.72 Å². The summed E-state index contributed by atoms with van der Waals surface area (Å²) in [6.45, 7) is 6.10. The molecule has 0 atom stereocenters. The van der Waals surface area contributed by atoms with Crippen molar-refractivity contribution < 1.29 is 8.42 Å². The van der Waals surface area contributed by atoms with E-state index >= 15 is 0 Å². The van der Waals surface area contributed by atoms with Gasteiger partial charge in [-0.25, -0.2) is 8.42 Å². The summed E-state index contributed by atoms with van der Waals surface area (Å²) in [5, 5.41) is 11.0. The van der Waals surface area contributed by atoms with E-state index in [1.807, 2.05) is 13.8 Å². The van der Waals surface area contributed by atoms with E-state index in [0.29, 0.717) is 5.82 Å². The molecule has 0 bridgehead atoms. The molecule has 0 aliphatic carbocycles. The Labute approximate surface area is 124 Å². The quantitative estimate of drug-likeness (QED) is 0.906. The lowest BCUT2D eigenvalue weighted by Gasteiger charge is -2.13. The molecule has 0 saturated heterocycles. The predicted octanol–water partition coefficient (Wildman–Crippen LogP) is 2.52. The molecule has 1 aromatic carbocycles. The van der Waals surface area contributed by atoms with Crippen molar-refractivity contribution in [3.63, 3.8) is 0 Å². The highest BCUT2D eigenvalue weighted by Gasteiger charge is 2.07. The highest BCUT2D eigenvalue weighted by Crippen LogP contribution is 2.25. The summed E-state index contributed by atoms with van der Waals surface area (Å²) in [6.07, 6.45) is 1.07. The van der Waals surface area contributed by atoms with Crippen LogP contribution in [0.4, 0.5) is 17.3 Å². The van der Waals surface area contributed by atoms with E-state index in [-0.39, 0.29) is 5.82 Å². The summed E-state index contributed by atoms with van der Waals surface area (Å²) in [7, 11) is -3.34. The van der Waals surface area contributed by atoms with Gasteiger partial charge in [0.25, 0.3) is 0 Å². The molecule has 2 aromatic rings. The van der Waals surface area contributed by atoms with Crippen LogP contribution in [0.2, 0.25) is 0 Å². The number of rotatable bonds is 4. The van der Waals surface area contributed by atoms with Crippen molar-refractivity contribution in [1.29, 1.82) is 0 Å². The third kappa shape index (κ3) is 4.16. The summed E-state index contributed by atoms with van der Waals surface area (Å²) in [5.41, 5.74) is 4.42. The molecule has 0 spiro atoms. The zero-order valence-corrected chi connectivity index (χ0v) is 13.2. The lowest BCUT2D eigenvalue weighted by atomic mass is 10.1. The normalized spacial score (nSPS) is 11.2. The largest absolute Gasteiger partial charge is 0.338 e. The van der Waals surface area contributed by atoms with Crippen LogP contribution >= 0.6 is 0 Å². The van der Waals surface area contributed by atoms with Crippen molar-refractivity contribution >= 4 is 27.3 Å². The van der Waals surface area contributed by atoms with E-state index < -0.39 is 10.0 Å². The Morgan fingerprint density at radius 2 is 1.48 bits per heavy atom. The number of aromatic nitrogens is 2. The second-order valence-electron chi connectivity index (χ2n) is 5.08. The van der Waals surface area contributed by atoms with Crippen LogP contribution in [0.1, 0.15) is 16.7 Å². The lowest BCUT2D eigenvalue weighted by Crippen LogP contribution is -2.11. The molecule has 21 heavy (non-hydrogen) atoms. The molecule has 0 radical (unpaired) electrons. The first kappa shape index (κ1) is 15.2. The number of sulfonamides is 1. The first-order valence-corrected chi connectivity index (χ1v) is 8.30. The molecule has 0 aliphatic heterocycles. The zero-order chi connectivity index (χ0) is 15.6. The molecule has 1 aromatic heterocycles. The molecule has 112 valence electrons. The smallest absolute Gasteiger partial charge is 0.231 e. The maximum Gasteiger partial charge on any atom is 0.231 e. The Bertz CT molecular complexity index is 732. The Morgan fingerprint density at radius 1 is 0.952 bits per heavy atom. The fourth-order valence-electron chi connectivity index (χ4n) is 2.15. The van der Waals surface area contributed by atoms with Crippen LogP contribution in [0, 0.1) is 20.8 Å². The van der Waals surface area contributed by atoms with E-state index in [1.165, 1.54) is 5.56 Å². The molecule has 0 aliphatic rings. The number of hydrogen-bond donors (Lipinski definition) is 2. The van der Waals surface area contributed by atoms with Crippen molar-refractivity contribution in [2.45, 2.75) is 20.8 Å². The van der Waals surface area contributed by atoms with Crippen molar-refractivity contribution in [3.05, 3.63) is 41.0 Å². The molecule has 0 unspecified atom stereocenters. The molecule has 0 fully saturated rings. The number of hydrogen-bond acceptors (Lipinski definition) is 5. The second kappa shape index (κ2) is 5.69. The van der Waals surface area contributed by atoms with E-state index in [9.17, 15) is 8.42 Å². The average Bonchev–Trinajstić information content (AvgIpc) is 2.34. The van der Waals surface area contributed by atoms with E-state index in [1.54, 1.807) is 12.1 Å². The van der Waals surface area contributed by atoms with Crippen LogP contribution in [0.5, 0.6) is 0 Å². The lowest BCUT2D eigenvalue weighted by molar-refractivity contribution is 0.606. The Kier molecular flexibility index (Phi) is 4.13. The van der Waals surface area contributed by atoms with Crippen LogP contribution in [0.15, 0.2) is 24.3 Å². The minimum atomic E-state index is -3.34. The number of aryl methyl sites for hydroxylation is 3. The monoisotopic (exact) mass is 306 g/mol. The summed E-state index contributed by atoms with van der Waals surface area (Å²) in [5.74, 6) is 0.754. The molecule has 2 N–H and O–H groups in total. The Hall–Kier alpha value is -2.15. The third-order valence-corrected chi connectivity index (χ3v) is 3.46. The van der Waals surface area contributed by atoms with Gasteiger partial charge in [-0.05, 0) is 44.0 Å². The minimum absolute atomic E-state index is 0.195. The Morgan fingerprint density at radius 3 is 1.95 bits per heavy atom. The van der Waals surface area contributed by atoms with Gasteiger partial charge in [0.05, 0.1) is 6.26 Å². The van der Waals surface area contributed by atoms with E-state index in [2.05, 4.69) is 39.3 Å². The SMILES string of the molecule is Cc1cc(C)c(Nc2ccc(NS(C)(=O)=O)nn2)c(C)c1. The van der Waals surface area contributed by atoms with Gasteiger partial charge < -0.3 is 5.32 Å². The van der Waals surface area contributed by atoms with Crippen LogP contribution < -0.4 is 10.0 Å². The molecular formula is C14H18N4O2S. The van der Waals surface area contributed by atoms with Crippen LogP contribution in [-0.2, 0) is 10.0 Å². The number of nitrogens with one attached hydrogen (secondary N) is 2. The van der Waals surface area contributed by atoms with Gasteiger partial charge in [0.15, 0.2) is 11.6 Å². The molecular weight excluding hydrogens is 288 g/mol. The number of anilines is 3. The Balaban J connectivity index is 2.21. The van der Waals surface area contributed by atoms with Gasteiger partial charge in [0.1, 0.15) is 0 Å². The fraction of sp³-hybridized carbons (Fsp3) is 0.286. The van der Waals surface area contributed by atoms with Crippen molar-refractivity contribution in [2.24, 2.45) is 0 Å². The van der Waals surface area contributed by atoms with Gasteiger partial charge in [-0.2, -0.15) is 0 Å². The van der Waals surface area contributed by atoms with E-state index in [0.717, 1.165) is 23.1 Å². The first-order chi connectivity index (χ1) is 9.74. The topological polar surface area (TPSA) is 84.0 Å². The summed E-state index contributed by atoms with van der Waals surface area (Å²) in [6, 6.07) is 7.42. The summed E-state index contributed by atoms with van der Waals surface area (Å²) in [4.78, 5) is 0. The second-order valence-corrected chi connectivity index (χ2v) is 6.83. The van der Waals surface area contributed by atoms with Gasteiger partial charge in [0, 0.05) is 5.69 Å². The van der Waals surface area contributed by atoms with Crippen molar-refractivity contribution in [2.75, 3.05) is 16.3 Å². The standard InChI is InChI=1S/C14H18N4O2S/c1-9-7-10(2)14(11(3)8-9)15-12-5-6-13(17-16-12)18-21(4,19)20/h5-8H,1-4H3,(H,15,16)(H,17,18). The third-order valence-electron chi connectivity index (χ3n) is 2.88. The van der Waals surface area contributed by atoms with Crippen LogP contribution in [-0.4, -0.2) is 24.9 Å². The minimum Gasteiger partial charge on any atom is -0.338 e. The van der Waals surface area contributed by atoms with Crippen molar-refractivity contribution in [3.8, 4) is 0 Å². The first-order valence-electron chi connectivity index (χ1n) is 6.41. The van der Waals surface area contributed by atoms with Crippen LogP contribution in [0.3, 0.4) is 0 Å². The van der Waals surface area contributed by atoms with Crippen molar-refractivity contribution in [1.82, 2.24) is 10.2 Å². The maximum absolute atomic E-state index is 11.1. The number of nitrogens with zero attached hydrogens (tertiary/aromatic N) is 2. The molecule has 2 rings (SSSR count). The predicted molar refractivity (Wildman–Crippen MR) is 84.4 cm³/mol. The van der Waals surface area contributed by atoms with Gasteiger partial charge in [-0.1, -0.05) is 17.7 Å². The van der Waals surface area contributed by atoms with E-state index in [4.69, 9.17) is 0 Å². The molecule has 6 nitrogen and oxygen atoms in total. The average molecular weight is 306 g/mol. The van der Waals surface area contributed by atoms with Gasteiger partial charge in [0.2, 0.25) is 10.0 Å². The molecule has 7 heteroatoms.